The van der Waals surface area contributed by atoms with Gasteiger partial charge in [-0.15, -0.1) is 0 Å². The van der Waals surface area contributed by atoms with Crippen LogP contribution < -0.4 is 16.0 Å². The molecule has 8 nitrogen and oxygen atoms in total. The first-order valence-electron chi connectivity index (χ1n) is 5.37. The third-order valence-corrected chi connectivity index (χ3v) is 1.90. The molecule has 8 heteroatoms. The molecule has 0 atom stereocenters. The summed E-state index contributed by atoms with van der Waals surface area (Å²) < 4.78 is 14.8. The number of hydrogen-bond acceptors (Lipinski definition) is 8. The Balaban J connectivity index is 2.74. The maximum absolute atomic E-state index is 4.93. The minimum atomic E-state index is 0.331. The number of rotatable bonds is 9. The van der Waals surface area contributed by atoms with Crippen LogP contribution in [-0.2, 0) is 14.2 Å². The Morgan fingerprint density at radius 1 is 0.833 bits per heavy atom. The van der Waals surface area contributed by atoms with E-state index in [9.17, 15) is 0 Å². The summed E-state index contributed by atoms with van der Waals surface area (Å²) in [6.07, 6.45) is 0. The third kappa shape index (κ3) is 5.13. The highest BCUT2D eigenvalue weighted by atomic mass is 16.5. The SMILES string of the molecule is COCNc1cc(NCOC)nc(NCOC)n1. The highest BCUT2D eigenvalue weighted by Gasteiger charge is 2.03. The summed E-state index contributed by atoms with van der Waals surface area (Å²) in [5.74, 6) is 1.74. The predicted octanol–water partition coefficient (Wildman–Crippen LogP) is 0.524. The largest absolute Gasteiger partial charge is 0.365 e. The Labute approximate surface area is 106 Å². The highest BCUT2D eigenvalue weighted by molar-refractivity contribution is 5.51. The standard InChI is InChI=1S/C10H19N5O3/c1-16-5-11-8-4-9(12-6-17-2)15-10(14-8)13-7-18-3/h4H,5-7H2,1-3H3,(H3,11,12,13,14,15). The first-order valence-corrected chi connectivity index (χ1v) is 5.37. The minimum Gasteiger partial charge on any atom is -0.365 e. The van der Waals surface area contributed by atoms with Gasteiger partial charge < -0.3 is 30.2 Å². The van der Waals surface area contributed by atoms with E-state index in [4.69, 9.17) is 14.2 Å². The first-order chi connectivity index (χ1) is 8.80. The lowest BCUT2D eigenvalue weighted by Gasteiger charge is -2.11. The van der Waals surface area contributed by atoms with E-state index in [1.807, 2.05) is 0 Å². The molecule has 3 N–H and O–H groups in total. The van der Waals surface area contributed by atoms with Crippen LogP contribution in [0.1, 0.15) is 0 Å². The van der Waals surface area contributed by atoms with Crippen molar-refractivity contribution in [3.05, 3.63) is 6.07 Å². The lowest BCUT2D eigenvalue weighted by molar-refractivity contribution is 0.219. The van der Waals surface area contributed by atoms with E-state index >= 15 is 0 Å². The van der Waals surface area contributed by atoms with Gasteiger partial charge in [0.2, 0.25) is 5.95 Å². The van der Waals surface area contributed by atoms with E-state index in [0.29, 0.717) is 37.8 Å². The molecule has 0 radical (unpaired) electrons. The van der Waals surface area contributed by atoms with E-state index in [2.05, 4.69) is 25.9 Å². The molecular weight excluding hydrogens is 238 g/mol. The molecule has 0 saturated heterocycles. The molecule has 0 aliphatic heterocycles. The predicted molar refractivity (Wildman–Crippen MR) is 68.5 cm³/mol. The zero-order chi connectivity index (χ0) is 13.2. The van der Waals surface area contributed by atoms with Gasteiger partial charge in [-0.25, -0.2) is 0 Å². The number of nitrogens with zero attached hydrogens (tertiary/aromatic N) is 2. The topological polar surface area (TPSA) is 89.6 Å². The van der Waals surface area contributed by atoms with Crippen LogP contribution in [0.5, 0.6) is 0 Å². The third-order valence-electron chi connectivity index (χ3n) is 1.90. The van der Waals surface area contributed by atoms with Crippen LogP contribution >= 0.6 is 0 Å². The van der Waals surface area contributed by atoms with Gasteiger partial charge in [-0.3, -0.25) is 0 Å². The summed E-state index contributed by atoms with van der Waals surface area (Å²) >= 11 is 0. The molecule has 18 heavy (non-hydrogen) atoms. The van der Waals surface area contributed by atoms with E-state index in [-0.39, 0.29) is 0 Å². The molecule has 1 aromatic rings. The van der Waals surface area contributed by atoms with Crippen LogP contribution in [-0.4, -0.2) is 51.5 Å². The van der Waals surface area contributed by atoms with Gasteiger partial charge in [0.25, 0.3) is 0 Å². The second-order valence-electron chi connectivity index (χ2n) is 3.29. The number of hydrogen-bond donors (Lipinski definition) is 3. The van der Waals surface area contributed by atoms with E-state index in [1.54, 1.807) is 27.4 Å². The van der Waals surface area contributed by atoms with Gasteiger partial charge in [0.1, 0.15) is 31.8 Å². The lowest BCUT2D eigenvalue weighted by Crippen LogP contribution is -2.13. The maximum Gasteiger partial charge on any atom is 0.228 e. The molecular formula is C10H19N5O3. The summed E-state index contributed by atoms with van der Waals surface area (Å²) in [5, 5.41) is 8.91. The van der Waals surface area contributed by atoms with Crippen molar-refractivity contribution in [2.45, 2.75) is 0 Å². The molecule has 0 aromatic carbocycles. The van der Waals surface area contributed by atoms with Crippen molar-refractivity contribution in [1.29, 1.82) is 0 Å². The lowest BCUT2D eigenvalue weighted by atomic mass is 10.5. The smallest absolute Gasteiger partial charge is 0.228 e. The second-order valence-corrected chi connectivity index (χ2v) is 3.29. The monoisotopic (exact) mass is 257 g/mol. The average molecular weight is 257 g/mol. The molecule has 1 aromatic heterocycles. The number of nitrogens with one attached hydrogen (secondary N) is 3. The van der Waals surface area contributed by atoms with Crippen molar-refractivity contribution in [3.63, 3.8) is 0 Å². The van der Waals surface area contributed by atoms with Gasteiger partial charge in [-0.05, 0) is 0 Å². The fourth-order valence-corrected chi connectivity index (χ4v) is 1.14. The summed E-state index contributed by atoms with van der Waals surface area (Å²) in [5.41, 5.74) is 0. The van der Waals surface area contributed by atoms with Crippen LogP contribution in [0.25, 0.3) is 0 Å². The van der Waals surface area contributed by atoms with Crippen molar-refractivity contribution in [3.8, 4) is 0 Å². The molecule has 102 valence electrons. The summed E-state index contributed by atoms with van der Waals surface area (Å²) in [4.78, 5) is 8.48. The van der Waals surface area contributed by atoms with Crippen LogP contribution in [0.4, 0.5) is 17.6 Å². The van der Waals surface area contributed by atoms with Gasteiger partial charge in [-0.1, -0.05) is 0 Å². The van der Waals surface area contributed by atoms with Gasteiger partial charge in [-0.2, -0.15) is 9.97 Å². The first kappa shape index (κ1) is 14.4. The van der Waals surface area contributed by atoms with Crippen LogP contribution in [0, 0.1) is 0 Å². The number of ether oxygens (including phenoxy) is 3. The van der Waals surface area contributed by atoms with Crippen molar-refractivity contribution in [2.24, 2.45) is 0 Å². The second kappa shape index (κ2) is 8.45. The van der Waals surface area contributed by atoms with Crippen molar-refractivity contribution >= 4 is 17.6 Å². The molecule has 0 unspecified atom stereocenters. The van der Waals surface area contributed by atoms with Crippen LogP contribution in [0.15, 0.2) is 6.07 Å². The zero-order valence-electron chi connectivity index (χ0n) is 10.8. The van der Waals surface area contributed by atoms with Crippen molar-refractivity contribution in [2.75, 3.05) is 57.5 Å². The molecule has 0 fully saturated rings. The Morgan fingerprint density at radius 3 is 1.72 bits per heavy atom. The number of methoxy groups -OCH3 is 3. The fourth-order valence-electron chi connectivity index (χ4n) is 1.14. The Morgan fingerprint density at radius 2 is 1.28 bits per heavy atom. The van der Waals surface area contributed by atoms with Gasteiger partial charge in [0.15, 0.2) is 0 Å². The molecule has 0 saturated carbocycles. The summed E-state index contributed by atoms with van der Waals surface area (Å²) in [6.45, 7) is 1.06. The van der Waals surface area contributed by atoms with Gasteiger partial charge in [0.05, 0.1) is 0 Å². The molecule has 0 aliphatic carbocycles. The van der Waals surface area contributed by atoms with E-state index in [0.717, 1.165) is 0 Å². The summed E-state index contributed by atoms with van der Waals surface area (Å²) in [7, 11) is 4.79. The fraction of sp³-hybridized carbons (Fsp3) is 0.600. The maximum atomic E-state index is 4.93. The Kier molecular flexibility index (Phi) is 6.77. The van der Waals surface area contributed by atoms with Crippen molar-refractivity contribution < 1.29 is 14.2 Å². The normalized spacial score (nSPS) is 10.2. The van der Waals surface area contributed by atoms with Gasteiger partial charge >= 0.3 is 0 Å². The van der Waals surface area contributed by atoms with E-state index < -0.39 is 0 Å². The van der Waals surface area contributed by atoms with E-state index in [1.165, 1.54) is 0 Å². The van der Waals surface area contributed by atoms with Crippen LogP contribution in [0.2, 0.25) is 0 Å². The minimum absolute atomic E-state index is 0.331. The molecule has 1 rings (SSSR count). The zero-order valence-corrected chi connectivity index (χ0v) is 10.8. The Bertz CT molecular complexity index is 286. The summed E-state index contributed by atoms with van der Waals surface area (Å²) in [6, 6.07) is 1.76. The van der Waals surface area contributed by atoms with Gasteiger partial charge in [0, 0.05) is 27.4 Å². The molecule has 0 spiro atoms. The molecule has 0 bridgehead atoms. The number of aromatic nitrogens is 2. The molecule has 0 aliphatic rings. The highest BCUT2D eigenvalue weighted by Crippen LogP contribution is 2.13. The number of anilines is 3. The quantitative estimate of drug-likeness (QED) is 0.552. The Hall–Kier alpha value is -1.64. The molecule has 0 amide bonds. The van der Waals surface area contributed by atoms with Crippen LogP contribution in [0.3, 0.4) is 0 Å². The average Bonchev–Trinajstić information content (AvgIpc) is 2.40. The molecule has 1 heterocycles. The van der Waals surface area contributed by atoms with Crippen molar-refractivity contribution in [1.82, 2.24) is 9.97 Å².